The smallest absolute Gasteiger partial charge is 0.133 e. The molecule has 3 N–H and O–H groups in total. The fourth-order valence-electron chi connectivity index (χ4n) is 2.39. The predicted molar refractivity (Wildman–Crippen MR) is 74.8 cm³/mol. The number of rotatable bonds is 7. The van der Waals surface area contributed by atoms with Crippen LogP contribution >= 0.6 is 0 Å². The van der Waals surface area contributed by atoms with E-state index in [-0.39, 0.29) is 0 Å². The number of anilines is 1. The summed E-state index contributed by atoms with van der Waals surface area (Å²) < 4.78 is 0. The van der Waals surface area contributed by atoms with Gasteiger partial charge in [0.2, 0.25) is 0 Å². The van der Waals surface area contributed by atoms with E-state index in [4.69, 9.17) is 15.7 Å². The number of nitrogens with two attached hydrogens (primary N) is 1. The van der Waals surface area contributed by atoms with Crippen molar-refractivity contribution in [3.8, 4) is 0 Å². The van der Waals surface area contributed by atoms with Crippen molar-refractivity contribution in [3.63, 3.8) is 0 Å². The number of aromatic nitrogens is 2. The van der Waals surface area contributed by atoms with Gasteiger partial charge in [-0.25, -0.2) is 9.97 Å². The lowest BCUT2D eigenvalue weighted by Gasteiger charge is -2.11. The van der Waals surface area contributed by atoms with Gasteiger partial charge in [0.05, 0.1) is 0 Å². The van der Waals surface area contributed by atoms with Crippen molar-refractivity contribution in [2.75, 3.05) is 18.4 Å². The highest BCUT2D eigenvalue weighted by Gasteiger charge is 2.18. The van der Waals surface area contributed by atoms with Crippen molar-refractivity contribution in [2.24, 2.45) is 5.73 Å². The minimum atomic E-state index is 0.725. The molecule has 0 saturated carbocycles. The van der Waals surface area contributed by atoms with Gasteiger partial charge < -0.3 is 11.1 Å². The van der Waals surface area contributed by atoms with Crippen LogP contribution in [0.1, 0.15) is 49.7 Å². The van der Waals surface area contributed by atoms with Crippen LogP contribution in [0.2, 0.25) is 0 Å². The van der Waals surface area contributed by atoms with Crippen molar-refractivity contribution in [2.45, 2.75) is 51.9 Å². The van der Waals surface area contributed by atoms with Crippen LogP contribution < -0.4 is 11.1 Å². The Bertz CT molecular complexity index is 390. The monoisotopic (exact) mass is 248 g/mol. The number of aryl methyl sites for hydroxylation is 2. The highest BCUT2D eigenvalue weighted by atomic mass is 15.0. The molecule has 4 nitrogen and oxygen atoms in total. The zero-order valence-electron chi connectivity index (χ0n) is 11.3. The van der Waals surface area contributed by atoms with Crippen LogP contribution in [0, 0.1) is 0 Å². The van der Waals surface area contributed by atoms with Crippen LogP contribution in [-0.4, -0.2) is 23.1 Å². The van der Waals surface area contributed by atoms with Crippen LogP contribution in [-0.2, 0) is 19.3 Å². The summed E-state index contributed by atoms with van der Waals surface area (Å²) in [6, 6.07) is 0. The van der Waals surface area contributed by atoms with E-state index in [0.717, 1.165) is 50.4 Å². The summed E-state index contributed by atoms with van der Waals surface area (Å²) in [5.74, 6) is 2.07. The molecule has 1 aromatic rings. The number of hydrogen-bond donors (Lipinski definition) is 2. The maximum Gasteiger partial charge on any atom is 0.133 e. The van der Waals surface area contributed by atoms with E-state index in [1.165, 1.54) is 30.5 Å². The lowest BCUT2D eigenvalue weighted by Crippen LogP contribution is -2.13. The zero-order chi connectivity index (χ0) is 12.8. The number of hydrogen-bond acceptors (Lipinski definition) is 4. The largest absolute Gasteiger partial charge is 0.370 e. The van der Waals surface area contributed by atoms with Gasteiger partial charge in [-0.3, -0.25) is 0 Å². The standard InChI is InChI=1S/C14H24N4/c1-2-3-8-13-17-12-7-4-6-11(12)14(18-13)16-10-5-9-15/h2-10,15H2,1H3,(H,16,17,18). The van der Waals surface area contributed by atoms with Crippen LogP contribution in [0.3, 0.4) is 0 Å². The first-order valence-corrected chi connectivity index (χ1v) is 7.17. The summed E-state index contributed by atoms with van der Waals surface area (Å²) >= 11 is 0. The minimum absolute atomic E-state index is 0.725. The lowest BCUT2D eigenvalue weighted by molar-refractivity contribution is 0.744. The van der Waals surface area contributed by atoms with Gasteiger partial charge in [0.25, 0.3) is 0 Å². The fraction of sp³-hybridized carbons (Fsp3) is 0.714. The van der Waals surface area contributed by atoms with Gasteiger partial charge in [0.1, 0.15) is 11.6 Å². The van der Waals surface area contributed by atoms with Crippen LogP contribution in [0.5, 0.6) is 0 Å². The summed E-state index contributed by atoms with van der Waals surface area (Å²) in [6.07, 6.45) is 7.79. The molecule has 0 unspecified atom stereocenters. The Morgan fingerprint density at radius 2 is 2.11 bits per heavy atom. The molecule has 0 atom stereocenters. The molecule has 0 amide bonds. The summed E-state index contributed by atoms with van der Waals surface area (Å²) in [5.41, 5.74) is 8.14. The molecular formula is C14H24N4. The third-order valence-electron chi connectivity index (χ3n) is 3.41. The molecule has 1 aliphatic rings. The maximum absolute atomic E-state index is 5.53. The van der Waals surface area contributed by atoms with Crippen molar-refractivity contribution in [1.82, 2.24) is 9.97 Å². The molecule has 0 fully saturated rings. The molecule has 0 bridgehead atoms. The zero-order valence-corrected chi connectivity index (χ0v) is 11.3. The molecule has 1 aromatic heterocycles. The summed E-state index contributed by atoms with van der Waals surface area (Å²) in [7, 11) is 0. The fourth-order valence-corrected chi connectivity index (χ4v) is 2.39. The third kappa shape index (κ3) is 3.19. The topological polar surface area (TPSA) is 63.8 Å². The molecule has 0 aromatic carbocycles. The average Bonchev–Trinajstić information content (AvgIpc) is 2.85. The van der Waals surface area contributed by atoms with E-state index in [9.17, 15) is 0 Å². The maximum atomic E-state index is 5.53. The first-order valence-electron chi connectivity index (χ1n) is 7.17. The number of unbranched alkanes of at least 4 members (excludes halogenated alkanes) is 1. The molecule has 100 valence electrons. The van der Waals surface area contributed by atoms with Gasteiger partial charge in [-0.15, -0.1) is 0 Å². The predicted octanol–water partition coefficient (Wildman–Crippen LogP) is 2.07. The van der Waals surface area contributed by atoms with E-state index in [2.05, 4.69) is 12.2 Å². The van der Waals surface area contributed by atoms with E-state index < -0.39 is 0 Å². The molecule has 0 radical (unpaired) electrons. The van der Waals surface area contributed by atoms with E-state index >= 15 is 0 Å². The summed E-state index contributed by atoms with van der Waals surface area (Å²) in [4.78, 5) is 9.39. The van der Waals surface area contributed by atoms with Gasteiger partial charge >= 0.3 is 0 Å². The molecule has 1 heterocycles. The molecule has 0 spiro atoms. The Morgan fingerprint density at radius 1 is 1.22 bits per heavy atom. The Morgan fingerprint density at radius 3 is 2.89 bits per heavy atom. The number of nitrogens with zero attached hydrogens (tertiary/aromatic N) is 2. The van der Waals surface area contributed by atoms with Crippen molar-refractivity contribution >= 4 is 5.82 Å². The number of fused-ring (bicyclic) bond motifs is 1. The van der Waals surface area contributed by atoms with E-state index in [0.29, 0.717) is 0 Å². The van der Waals surface area contributed by atoms with Gasteiger partial charge in [0.15, 0.2) is 0 Å². The van der Waals surface area contributed by atoms with Gasteiger partial charge in [-0.1, -0.05) is 13.3 Å². The first kappa shape index (κ1) is 13.3. The summed E-state index contributed by atoms with van der Waals surface area (Å²) in [6.45, 7) is 3.84. The highest BCUT2D eigenvalue weighted by molar-refractivity contribution is 5.48. The molecular weight excluding hydrogens is 224 g/mol. The third-order valence-corrected chi connectivity index (χ3v) is 3.41. The van der Waals surface area contributed by atoms with Gasteiger partial charge in [-0.2, -0.15) is 0 Å². The van der Waals surface area contributed by atoms with E-state index in [1.807, 2.05) is 0 Å². The summed E-state index contributed by atoms with van der Waals surface area (Å²) in [5, 5.41) is 3.43. The SMILES string of the molecule is CCCCc1nc2c(c(NCCCN)n1)CCC2. The average molecular weight is 248 g/mol. The molecule has 1 aliphatic carbocycles. The molecule has 4 heteroatoms. The van der Waals surface area contributed by atoms with Crippen molar-refractivity contribution in [1.29, 1.82) is 0 Å². The van der Waals surface area contributed by atoms with Gasteiger partial charge in [-0.05, 0) is 38.6 Å². The second kappa shape index (κ2) is 6.69. The Hall–Kier alpha value is -1.16. The Balaban J connectivity index is 2.12. The van der Waals surface area contributed by atoms with Crippen LogP contribution in [0.15, 0.2) is 0 Å². The number of nitrogens with one attached hydrogen (secondary N) is 1. The normalized spacial score (nSPS) is 13.7. The lowest BCUT2D eigenvalue weighted by atomic mass is 10.2. The Kier molecular flexibility index (Phi) is 4.93. The highest BCUT2D eigenvalue weighted by Crippen LogP contribution is 2.26. The van der Waals surface area contributed by atoms with Crippen LogP contribution in [0.4, 0.5) is 5.82 Å². The Labute approximate surface area is 109 Å². The minimum Gasteiger partial charge on any atom is -0.370 e. The second-order valence-electron chi connectivity index (χ2n) is 4.94. The first-order chi connectivity index (χ1) is 8.85. The van der Waals surface area contributed by atoms with Crippen LogP contribution in [0.25, 0.3) is 0 Å². The molecule has 0 aliphatic heterocycles. The molecule has 0 saturated heterocycles. The molecule has 18 heavy (non-hydrogen) atoms. The quantitative estimate of drug-likeness (QED) is 0.725. The second-order valence-corrected chi connectivity index (χ2v) is 4.94. The van der Waals surface area contributed by atoms with Crippen molar-refractivity contribution in [3.05, 3.63) is 17.1 Å². The van der Waals surface area contributed by atoms with E-state index in [1.54, 1.807) is 0 Å². The molecule has 2 rings (SSSR count). The van der Waals surface area contributed by atoms with Gasteiger partial charge in [0, 0.05) is 24.2 Å². The van der Waals surface area contributed by atoms with Crippen molar-refractivity contribution < 1.29 is 0 Å².